The van der Waals surface area contributed by atoms with Crippen LogP contribution in [0, 0.1) is 0 Å². The minimum Gasteiger partial charge on any atom is -0.349 e. The van der Waals surface area contributed by atoms with Crippen molar-refractivity contribution >= 4 is 21.1 Å². The normalized spacial score (nSPS) is 15.4. The molecule has 0 unspecified atom stereocenters. The number of aromatic amines is 1. The largest absolute Gasteiger partial charge is 0.349 e. The van der Waals surface area contributed by atoms with Gasteiger partial charge in [-0.15, -0.1) is 0 Å². The molecule has 0 aliphatic carbocycles. The lowest BCUT2D eigenvalue weighted by molar-refractivity contribution is 0.181. The Kier molecular flexibility index (Phi) is 6.89. The van der Waals surface area contributed by atoms with E-state index in [-0.39, 0.29) is 22.7 Å². The summed E-state index contributed by atoms with van der Waals surface area (Å²) in [6, 6.07) is 18.6. The Morgan fingerprint density at radius 1 is 0.838 bits per heavy atom. The molecule has 10 heteroatoms. The first-order valence-corrected chi connectivity index (χ1v) is 14.0. The molecule has 1 aliphatic rings. The summed E-state index contributed by atoms with van der Waals surface area (Å²) in [5, 5.41) is 0. The summed E-state index contributed by atoms with van der Waals surface area (Å²) in [7, 11) is -3.62. The molecule has 9 nitrogen and oxygen atoms in total. The fraction of sp³-hybridized carbons (Fsp3) is 0.333. The average Bonchev–Trinajstić information content (AvgIpc) is 3.36. The van der Waals surface area contributed by atoms with Gasteiger partial charge in [-0.25, -0.2) is 13.2 Å². The summed E-state index contributed by atoms with van der Waals surface area (Å²) in [4.78, 5) is 31.1. The van der Waals surface area contributed by atoms with Crippen LogP contribution in [0.5, 0.6) is 0 Å². The third-order valence-corrected chi connectivity index (χ3v) is 8.94. The van der Waals surface area contributed by atoms with Crippen molar-refractivity contribution in [3.63, 3.8) is 0 Å². The van der Waals surface area contributed by atoms with Crippen molar-refractivity contribution in [2.24, 2.45) is 0 Å². The maximum Gasteiger partial charge on any atom is 0.331 e. The van der Waals surface area contributed by atoms with E-state index in [1.807, 2.05) is 25.1 Å². The van der Waals surface area contributed by atoms with Crippen LogP contribution < -0.4 is 11.2 Å². The number of rotatable bonds is 7. The van der Waals surface area contributed by atoms with Crippen LogP contribution in [-0.2, 0) is 29.7 Å². The Balaban J connectivity index is 1.35. The molecule has 0 bridgehead atoms. The van der Waals surface area contributed by atoms with Crippen molar-refractivity contribution in [1.29, 1.82) is 0 Å². The number of aryl methyl sites for hydroxylation is 1. The standard InChI is InChI=1S/C27H31N5O4S/c1-3-31-24-18-23(28-25(24)26(33)32(4-2)27(31)34)21-10-12-22(13-11-21)37(35,36)30-16-14-29(15-17-30)19-20-8-6-5-7-9-20/h5-13,18,28H,3-4,14-17,19H2,1-2H3. The molecule has 0 amide bonds. The molecule has 0 saturated carbocycles. The maximum absolute atomic E-state index is 13.3. The van der Waals surface area contributed by atoms with Gasteiger partial charge in [0.05, 0.1) is 10.4 Å². The first-order chi connectivity index (χ1) is 17.8. The van der Waals surface area contributed by atoms with Crippen molar-refractivity contribution in [2.75, 3.05) is 26.2 Å². The molecule has 2 aromatic carbocycles. The van der Waals surface area contributed by atoms with E-state index in [1.165, 1.54) is 10.1 Å². The topological polar surface area (TPSA) is 100 Å². The van der Waals surface area contributed by atoms with Crippen molar-refractivity contribution < 1.29 is 8.42 Å². The molecule has 5 rings (SSSR count). The first kappa shape index (κ1) is 25.2. The number of nitrogens with one attached hydrogen (secondary N) is 1. The summed E-state index contributed by atoms with van der Waals surface area (Å²) >= 11 is 0. The van der Waals surface area contributed by atoms with E-state index in [2.05, 4.69) is 22.0 Å². The first-order valence-electron chi connectivity index (χ1n) is 12.6. The highest BCUT2D eigenvalue weighted by Crippen LogP contribution is 2.25. The van der Waals surface area contributed by atoms with Crippen molar-refractivity contribution in [3.05, 3.63) is 87.1 Å². The minimum atomic E-state index is -3.62. The van der Waals surface area contributed by atoms with E-state index < -0.39 is 10.0 Å². The zero-order valence-corrected chi connectivity index (χ0v) is 21.9. The van der Waals surface area contributed by atoms with E-state index >= 15 is 0 Å². The van der Waals surface area contributed by atoms with Gasteiger partial charge in [0.2, 0.25) is 10.0 Å². The highest BCUT2D eigenvalue weighted by molar-refractivity contribution is 7.89. The van der Waals surface area contributed by atoms with Crippen LogP contribution in [0.15, 0.2) is 75.1 Å². The number of H-pyrrole nitrogens is 1. The smallest absolute Gasteiger partial charge is 0.331 e. The molecule has 2 aromatic heterocycles. The zero-order chi connectivity index (χ0) is 26.2. The summed E-state index contributed by atoms with van der Waals surface area (Å²) < 4.78 is 30.9. The Bertz CT molecular complexity index is 1630. The summed E-state index contributed by atoms with van der Waals surface area (Å²) in [5.41, 5.74) is 2.82. The summed E-state index contributed by atoms with van der Waals surface area (Å²) in [6.45, 7) is 7.39. The van der Waals surface area contributed by atoms with Crippen LogP contribution in [-0.4, -0.2) is 57.9 Å². The van der Waals surface area contributed by atoms with Gasteiger partial charge in [-0.05, 0) is 43.2 Å². The SMILES string of the molecule is CCn1c(=O)c2[nH]c(-c3ccc(S(=O)(=O)N4CCN(Cc5ccccc5)CC4)cc3)cc2n(CC)c1=O. The maximum atomic E-state index is 13.3. The molecule has 0 spiro atoms. The Morgan fingerprint density at radius 2 is 1.49 bits per heavy atom. The number of benzene rings is 2. The van der Waals surface area contributed by atoms with Gasteiger partial charge in [-0.3, -0.25) is 18.8 Å². The molecule has 1 N–H and O–H groups in total. The van der Waals surface area contributed by atoms with Gasteiger partial charge in [-0.2, -0.15) is 4.31 Å². The fourth-order valence-electron chi connectivity index (χ4n) is 4.96. The molecule has 1 fully saturated rings. The number of aromatic nitrogens is 3. The summed E-state index contributed by atoms with van der Waals surface area (Å²) in [6.07, 6.45) is 0. The second-order valence-electron chi connectivity index (χ2n) is 9.21. The second kappa shape index (κ2) is 10.1. The molecule has 0 atom stereocenters. The molecule has 3 heterocycles. The van der Waals surface area contributed by atoms with E-state index in [0.29, 0.717) is 49.5 Å². The third-order valence-electron chi connectivity index (χ3n) is 7.02. The van der Waals surface area contributed by atoms with Crippen LogP contribution >= 0.6 is 0 Å². The molecular weight excluding hydrogens is 490 g/mol. The number of sulfonamides is 1. The molecule has 37 heavy (non-hydrogen) atoms. The number of piperazine rings is 1. The number of hydrogen-bond donors (Lipinski definition) is 1. The zero-order valence-electron chi connectivity index (χ0n) is 21.1. The molecular formula is C27H31N5O4S. The van der Waals surface area contributed by atoms with E-state index in [4.69, 9.17) is 0 Å². The minimum absolute atomic E-state index is 0.239. The molecule has 1 saturated heterocycles. The third kappa shape index (κ3) is 4.68. The van der Waals surface area contributed by atoms with Gasteiger partial charge in [0.1, 0.15) is 5.52 Å². The fourth-order valence-corrected chi connectivity index (χ4v) is 6.38. The van der Waals surface area contributed by atoms with Gasteiger partial charge in [0.25, 0.3) is 5.56 Å². The Morgan fingerprint density at radius 3 is 2.11 bits per heavy atom. The van der Waals surface area contributed by atoms with E-state index in [1.54, 1.807) is 46.1 Å². The van der Waals surface area contributed by atoms with Crippen molar-refractivity contribution in [1.82, 2.24) is 23.3 Å². The van der Waals surface area contributed by atoms with E-state index in [9.17, 15) is 18.0 Å². The molecule has 1 aliphatic heterocycles. The number of hydrogen-bond acceptors (Lipinski definition) is 5. The molecule has 194 valence electrons. The monoisotopic (exact) mass is 521 g/mol. The predicted molar refractivity (Wildman–Crippen MR) is 144 cm³/mol. The average molecular weight is 522 g/mol. The molecule has 4 aromatic rings. The number of nitrogens with zero attached hydrogens (tertiary/aromatic N) is 4. The second-order valence-corrected chi connectivity index (χ2v) is 11.1. The number of fused-ring (bicyclic) bond motifs is 1. The highest BCUT2D eigenvalue weighted by atomic mass is 32.2. The van der Waals surface area contributed by atoms with Crippen LogP contribution in [0.25, 0.3) is 22.3 Å². The lowest BCUT2D eigenvalue weighted by Gasteiger charge is -2.34. The lowest BCUT2D eigenvalue weighted by atomic mass is 10.1. The predicted octanol–water partition coefficient (Wildman–Crippen LogP) is 2.70. The summed E-state index contributed by atoms with van der Waals surface area (Å²) in [5.74, 6) is 0. The lowest BCUT2D eigenvalue weighted by Crippen LogP contribution is -2.48. The van der Waals surface area contributed by atoms with Crippen molar-refractivity contribution in [3.8, 4) is 11.3 Å². The van der Waals surface area contributed by atoms with Crippen LogP contribution in [0.4, 0.5) is 0 Å². The van der Waals surface area contributed by atoms with E-state index in [0.717, 1.165) is 12.1 Å². The van der Waals surface area contributed by atoms with Gasteiger partial charge in [-0.1, -0.05) is 42.5 Å². The molecule has 0 radical (unpaired) electrons. The quantitative estimate of drug-likeness (QED) is 0.403. The van der Waals surface area contributed by atoms with Crippen molar-refractivity contribution in [2.45, 2.75) is 38.4 Å². The van der Waals surface area contributed by atoms with Crippen LogP contribution in [0.3, 0.4) is 0 Å². The van der Waals surface area contributed by atoms with Gasteiger partial charge in [0.15, 0.2) is 0 Å². The Hall–Kier alpha value is -3.47. The van der Waals surface area contributed by atoms with Crippen LogP contribution in [0.2, 0.25) is 0 Å². The van der Waals surface area contributed by atoms with Gasteiger partial charge < -0.3 is 4.98 Å². The van der Waals surface area contributed by atoms with Crippen LogP contribution in [0.1, 0.15) is 19.4 Å². The van der Waals surface area contributed by atoms with Gasteiger partial charge >= 0.3 is 5.69 Å². The Labute approximate surface area is 215 Å². The highest BCUT2D eigenvalue weighted by Gasteiger charge is 2.28. The van der Waals surface area contributed by atoms with Gasteiger partial charge in [0, 0.05) is 51.5 Å².